The lowest BCUT2D eigenvalue weighted by Gasteiger charge is -2.28. The molecule has 0 spiro atoms. The van der Waals surface area contributed by atoms with Crippen LogP contribution in [0.25, 0.3) is 0 Å². The summed E-state index contributed by atoms with van der Waals surface area (Å²) in [7, 11) is 3.37. The van der Waals surface area contributed by atoms with Crippen molar-refractivity contribution in [3.05, 3.63) is 114 Å². The first kappa shape index (κ1) is 55.5. The van der Waals surface area contributed by atoms with Crippen molar-refractivity contribution in [2.45, 2.75) is 110 Å². The van der Waals surface area contributed by atoms with Crippen LogP contribution in [0.5, 0.6) is 17.2 Å². The zero-order valence-corrected chi connectivity index (χ0v) is 37.2. The standard InChI is InChI=1S/C16H20O4.C15H20O3.C14H18O4.C3H6.C2H6/c1-2-16(18)20-12-6-4-3-5-11-19-15-9-7-14(13-17)8-10-15;1-17-14-6-3-11(4-7-14)12-5-8-15(18-2)13(9-12)10-16;15-11-13-5-7-14(8-6-13)18-10-4-2-1-3-9-17-12-16;1-3-2;1-2/h2,7-10,13H,1,3-6,11-12H2;5,8-11,14H,3-4,6-7H2,1-2H3;5-8,11-12H,1-4,9-10H2;3H,1H2,2H3;1-2H3. The molecule has 0 aromatic heterocycles. The molecule has 11 nitrogen and oxygen atoms in total. The van der Waals surface area contributed by atoms with Gasteiger partial charge in [0, 0.05) is 24.3 Å². The number of hydrogen-bond acceptors (Lipinski definition) is 11. The maximum atomic E-state index is 11.0. The number of methoxy groups -OCH3 is 2. The van der Waals surface area contributed by atoms with Crippen LogP contribution in [0.1, 0.15) is 140 Å². The van der Waals surface area contributed by atoms with Gasteiger partial charge >= 0.3 is 5.97 Å². The molecule has 3 aromatic rings. The van der Waals surface area contributed by atoms with Crippen molar-refractivity contribution in [2.75, 3.05) is 40.6 Å². The summed E-state index contributed by atoms with van der Waals surface area (Å²) >= 11 is 0. The van der Waals surface area contributed by atoms with Gasteiger partial charge in [0.1, 0.15) is 29.8 Å². The molecule has 0 unspecified atom stereocenters. The molecule has 61 heavy (non-hydrogen) atoms. The molecule has 3 aromatic carbocycles. The van der Waals surface area contributed by atoms with Crippen LogP contribution >= 0.6 is 0 Å². The summed E-state index contributed by atoms with van der Waals surface area (Å²) in [5, 5.41) is 0. The third-order valence-corrected chi connectivity index (χ3v) is 9.10. The molecule has 0 saturated heterocycles. The zero-order valence-electron chi connectivity index (χ0n) is 37.2. The van der Waals surface area contributed by atoms with Crippen molar-refractivity contribution in [1.29, 1.82) is 0 Å². The highest BCUT2D eigenvalue weighted by molar-refractivity contribution is 5.81. The summed E-state index contributed by atoms with van der Waals surface area (Å²) in [5.74, 6) is 2.38. The lowest BCUT2D eigenvalue weighted by Crippen LogP contribution is -2.19. The second-order valence-electron chi connectivity index (χ2n) is 13.5. The minimum absolute atomic E-state index is 0.368. The molecule has 0 bridgehead atoms. The Morgan fingerprint density at radius 1 is 0.639 bits per heavy atom. The first-order valence-corrected chi connectivity index (χ1v) is 21.3. The molecule has 0 amide bonds. The van der Waals surface area contributed by atoms with E-state index in [4.69, 9.17) is 23.7 Å². The lowest BCUT2D eigenvalue weighted by molar-refractivity contribution is -0.137. The lowest BCUT2D eigenvalue weighted by atomic mass is 9.82. The summed E-state index contributed by atoms with van der Waals surface area (Å²) in [6.45, 7) is 15.3. The number of carbonyl (C=O) groups is 5. The van der Waals surface area contributed by atoms with Crippen LogP contribution < -0.4 is 14.2 Å². The van der Waals surface area contributed by atoms with Crippen LogP contribution in [0.15, 0.2) is 92.0 Å². The fraction of sp³-hybridized carbons (Fsp3) is 0.460. The van der Waals surface area contributed by atoms with Crippen molar-refractivity contribution >= 4 is 31.3 Å². The summed E-state index contributed by atoms with van der Waals surface area (Å²) in [6.07, 6.45) is 18.0. The fourth-order valence-corrected chi connectivity index (χ4v) is 5.87. The Morgan fingerprint density at radius 3 is 1.52 bits per heavy atom. The number of aldehydes is 3. The van der Waals surface area contributed by atoms with Crippen LogP contribution in [0.3, 0.4) is 0 Å². The van der Waals surface area contributed by atoms with Crippen molar-refractivity contribution < 1.29 is 52.4 Å². The van der Waals surface area contributed by atoms with E-state index < -0.39 is 0 Å². The van der Waals surface area contributed by atoms with Gasteiger partial charge in [-0.2, -0.15) is 0 Å². The Bertz CT molecular complexity index is 1590. The van der Waals surface area contributed by atoms with Gasteiger partial charge < -0.3 is 28.4 Å². The number of carbonyl (C=O) groups excluding carboxylic acids is 5. The minimum Gasteiger partial charge on any atom is -0.496 e. The fourth-order valence-electron chi connectivity index (χ4n) is 5.87. The highest BCUT2D eigenvalue weighted by atomic mass is 16.5. The van der Waals surface area contributed by atoms with E-state index >= 15 is 0 Å². The van der Waals surface area contributed by atoms with Gasteiger partial charge in [0.05, 0.1) is 45.2 Å². The van der Waals surface area contributed by atoms with Gasteiger partial charge in [0.25, 0.3) is 6.47 Å². The number of rotatable bonds is 24. The van der Waals surface area contributed by atoms with Crippen LogP contribution in [0, 0.1) is 0 Å². The van der Waals surface area contributed by atoms with Crippen LogP contribution in [0.4, 0.5) is 0 Å². The Hall–Kier alpha value is -5.55. The second-order valence-corrected chi connectivity index (χ2v) is 13.5. The van der Waals surface area contributed by atoms with Gasteiger partial charge in [-0.3, -0.25) is 19.2 Å². The van der Waals surface area contributed by atoms with Crippen molar-refractivity contribution in [2.24, 2.45) is 0 Å². The number of benzene rings is 3. The second kappa shape index (κ2) is 38.6. The molecule has 0 heterocycles. The third-order valence-electron chi connectivity index (χ3n) is 9.10. The first-order chi connectivity index (χ1) is 29.8. The molecule has 1 fully saturated rings. The molecular weight excluding hydrogens is 777 g/mol. The number of esters is 1. The Labute approximate surface area is 364 Å². The van der Waals surface area contributed by atoms with Gasteiger partial charge in [-0.15, -0.1) is 6.58 Å². The Kier molecular flexibility index (Phi) is 35.1. The Balaban J connectivity index is 0.000000840. The van der Waals surface area contributed by atoms with E-state index in [1.54, 1.807) is 68.8 Å². The molecule has 0 radical (unpaired) electrons. The minimum atomic E-state index is -0.368. The van der Waals surface area contributed by atoms with Crippen LogP contribution in [0.2, 0.25) is 0 Å². The smallest absolute Gasteiger partial charge is 0.330 e. The first-order valence-electron chi connectivity index (χ1n) is 21.3. The molecule has 1 saturated carbocycles. The zero-order chi connectivity index (χ0) is 45.4. The van der Waals surface area contributed by atoms with Crippen molar-refractivity contribution in [3.8, 4) is 17.2 Å². The van der Waals surface area contributed by atoms with E-state index in [2.05, 4.69) is 24.0 Å². The molecular formula is C50H70O11. The molecule has 336 valence electrons. The molecule has 4 rings (SSSR count). The van der Waals surface area contributed by atoms with Crippen molar-refractivity contribution in [1.82, 2.24) is 0 Å². The average molecular weight is 847 g/mol. The SMILES string of the molecule is C=CC.C=CC(=O)OCCCCCCOc1ccc(C=O)cc1.CC.COc1ccc(C2CCC(OC)CC2)cc1C=O.O=COCCCCCCOc1ccc(C=O)cc1. The maximum absolute atomic E-state index is 11.0. The number of unbranched alkanes of at least 4 members (excludes halogenated alkanes) is 6. The molecule has 0 atom stereocenters. The number of hydrogen-bond donors (Lipinski definition) is 0. The Morgan fingerprint density at radius 2 is 1.11 bits per heavy atom. The predicted octanol–water partition coefficient (Wildman–Crippen LogP) is 11.2. The van der Waals surface area contributed by atoms with Crippen molar-refractivity contribution in [3.63, 3.8) is 0 Å². The molecule has 0 aliphatic heterocycles. The summed E-state index contributed by atoms with van der Waals surface area (Å²) in [6, 6.07) is 20.0. The number of ether oxygens (including phenoxy) is 6. The summed E-state index contributed by atoms with van der Waals surface area (Å²) in [5.41, 5.74) is 3.18. The van der Waals surface area contributed by atoms with Gasteiger partial charge in [-0.25, -0.2) is 4.79 Å². The average Bonchev–Trinajstić information content (AvgIpc) is 3.32. The monoisotopic (exact) mass is 846 g/mol. The molecule has 11 heteroatoms. The maximum Gasteiger partial charge on any atom is 0.330 e. The van der Waals surface area contributed by atoms with Gasteiger partial charge in [0.2, 0.25) is 0 Å². The van der Waals surface area contributed by atoms with Gasteiger partial charge in [-0.05, 0) is 156 Å². The summed E-state index contributed by atoms with van der Waals surface area (Å²) in [4.78, 5) is 52.6. The van der Waals surface area contributed by atoms with Gasteiger partial charge in [-0.1, -0.05) is 32.6 Å². The highest BCUT2D eigenvalue weighted by Crippen LogP contribution is 2.35. The summed E-state index contributed by atoms with van der Waals surface area (Å²) < 4.78 is 31.1. The van der Waals surface area contributed by atoms with Crippen LogP contribution in [-0.2, 0) is 23.8 Å². The molecule has 1 aliphatic carbocycles. The van der Waals surface area contributed by atoms with Gasteiger partial charge in [0.15, 0.2) is 6.29 Å². The molecule has 1 aliphatic rings. The number of allylic oxidation sites excluding steroid dienone is 1. The van der Waals surface area contributed by atoms with E-state index in [-0.39, 0.29) is 5.97 Å². The van der Waals surface area contributed by atoms with E-state index in [9.17, 15) is 24.0 Å². The molecule has 0 N–H and O–H groups in total. The van der Waals surface area contributed by atoms with Crippen LogP contribution in [-0.4, -0.2) is 78.1 Å². The van der Waals surface area contributed by atoms with E-state index in [1.165, 1.54) is 11.6 Å². The largest absolute Gasteiger partial charge is 0.496 e. The quantitative estimate of drug-likeness (QED) is 0.0280. The van der Waals surface area contributed by atoms with E-state index in [1.807, 2.05) is 32.9 Å². The van der Waals surface area contributed by atoms with E-state index in [0.29, 0.717) is 67.4 Å². The van der Waals surface area contributed by atoms with E-state index in [0.717, 1.165) is 107 Å². The third kappa shape index (κ3) is 27.0. The highest BCUT2D eigenvalue weighted by Gasteiger charge is 2.22. The predicted molar refractivity (Wildman–Crippen MR) is 242 cm³/mol. The normalized spacial score (nSPS) is 13.4. The topological polar surface area (TPSA) is 141 Å².